The van der Waals surface area contributed by atoms with E-state index in [2.05, 4.69) is 17.3 Å². The predicted molar refractivity (Wildman–Crippen MR) is 75.6 cm³/mol. The maximum atomic E-state index is 12.2. The molecule has 1 N–H and O–H groups in total. The van der Waals surface area contributed by atoms with E-state index in [1.165, 1.54) is 0 Å². The van der Waals surface area contributed by atoms with Crippen molar-refractivity contribution in [3.8, 4) is 0 Å². The van der Waals surface area contributed by atoms with Crippen LogP contribution in [-0.4, -0.2) is 42.1 Å². The van der Waals surface area contributed by atoms with Crippen molar-refractivity contribution in [1.29, 1.82) is 0 Å². The van der Waals surface area contributed by atoms with E-state index in [0.717, 1.165) is 25.0 Å². The van der Waals surface area contributed by atoms with Crippen LogP contribution in [0.3, 0.4) is 0 Å². The lowest BCUT2D eigenvalue weighted by molar-refractivity contribution is -0.131. The van der Waals surface area contributed by atoms with Crippen LogP contribution < -0.4 is 5.32 Å². The van der Waals surface area contributed by atoms with Gasteiger partial charge in [-0.2, -0.15) is 5.10 Å². The van der Waals surface area contributed by atoms with Gasteiger partial charge in [0.15, 0.2) is 0 Å². The molecular weight excluding hydrogens is 258 g/mol. The molecule has 1 aliphatic heterocycles. The average molecular weight is 281 g/mol. The van der Waals surface area contributed by atoms with Crippen LogP contribution >= 0.6 is 0 Å². The van der Waals surface area contributed by atoms with Gasteiger partial charge in [0.2, 0.25) is 0 Å². The van der Waals surface area contributed by atoms with Crippen LogP contribution in [0.15, 0.2) is 6.07 Å². The van der Waals surface area contributed by atoms with Crippen LogP contribution in [0.4, 0.5) is 5.82 Å². The second-order valence-electron chi connectivity index (χ2n) is 5.37. The van der Waals surface area contributed by atoms with Crippen molar-refractivity contribution >= 4 is 11.7 Å². The van der Waals surface area contributed by atoms with Crippen LogP contribution in [0.1, 0.15) is 25.5 Å². The van der Waals surface area contributed by atoms with Gasteiger partial charge < -0.3 is 14.8 Å². The van der Waals surface area contributed by atoms with Gasteiger partial charge in [-0.15, -0.1) is 0 Å². The highest BCUT2D eigenvalue weighted by atomic mass is 16.5. The maximum Gasteiger partial charge on any atom is 0.254 e. The number of methoxy groups -OCH3 is 1. The van der Waals surface area contributed by atoms with Gasteiger partial charge in [0, 0.05) is 33.3 Å². The van der Waals surface area contributed by atoms with Crippen molar-refractivity contribution in [3.05, 3.63) is 11.8 Å². The predicted octanol–water partition coefficient (Wildman–Crippen LogP) is 1.36. The number of nitrogens with zero attached hydrogens (tertiary/aromatic N) is 2. The van der Waals surface area contributed by atoms with E-state index in [9.17, 15) is 4.79 Å². The Labute approximate surface area is 119 Å². The first-order valence-corrected chi connectivity index (χ1v) is 7.04. The molecule has 1 aromatic heterocycles. The number of aromatic nitrogens is 2. The molecule has 2 atom stereocenters. The Hall–Kier alpha value is -1.40. The fourth-order valence-corrected chi connectivity index (χ4v) is 2.32. The molecule has 0 bridgehead atoms. The molecule has 0 spiro atoms. The van der Waals surface area contributed by atoms with Crippen LogP contribution in [-0.2, 0) is 27.7 Å². The quantitative estimate of drug-likeness (QED) is 0.885. The van der Waals surface area contributed by atoms with E-state index in [1.54, 1.807) is 11.8 Å². The number of ether oxygens (including phenoxy) is 2. The highest BCUT2D eigenvalue weighted by Crippen LogP contribution is 2.21. The average Bonchev–Trinajstić information content (AvgIpc) is 2.77. The minimum atomic E-state index is -0.351. The summed E-state index contributed by atoms with van der Waals surface area (Å²) in [6.07, 6.45) is 2.18. The van der Waals surface area contributed by atoms with Crippen molar-refractivity contribution in [2.75, 3.05) is 25.6 Å². The molecule has 1 aliphatic rings. The molecule has 1 aromatic rings. The largest absolute Gasteiger partial charge is 0.384 e. The number of nitrogens with one attached hydrogen (secondary N) is 1. The Morgan fingerprint density at radius 1 is 1.65 bits per heavy atom. The van der Waals surface area contributed by atoms with Gasteiger partial charge in [0.1, 0.15) is 11.9 Å². The van der Waals surface area contributed by atoms with Gasteiger partial charge in [0.25, 0.3) is 5.91 Å². The number of hydrogen-bond acceptors (Lipinski definition) is 4. The Morgan fingerprint density at radius 2 is 2.45 bits per heavy atom. The molecule has 0 unspecified atom stereocenters. The summed E-state index contributed by atoms with van der Waals surface area (Å²) in [7, 11) is 3.48. The van der Waals surface area contributed by atoms with E-state index in [-0.39, 0.29) is 12.0 Å². The molecule has 2 rings (SSSR count). The highest BCUT2D eigenvalue weighted by molar-refractivity contribution is 5.93. The summed E-state index contributed by atoms with van der Waals surface area (Å²) < 4.78 is 12.2. The van der Waals surface area contributed by atoms with Crippen molar-refractivity contribution in [3.63, 3.8) is 0 Å². The Balaban J connectivity index is 1.95. The number of carbonyl (C=O) groups excluding carboxylic acids is 1. The molecule has 112 valence electrons. The summed E-state index contributed by atoms with van der Waals surface area (Å²) in [5, 5.41) is 7.24. The van der Waals surface area contributed by atoms with E-state index in [0.29, 0.717) is 24.9 Å². The van der Waals surface area contributed by atoms with Gasteiger partial charge in [-0.1, -0.05) is 6.92 Å². The normalized spacial score (nSPS) is 22.8. The first kappa shape index (κ1) is 15.0. The zero-order valence-corrected chi connectivity index (χ0v) is 12.4. The molecule has 6 nitrogen and oxygen atoms in total. The zero-order chi connectivity index (χ0) is 14.5. The van der Waals surface area contributed by atoms with Crippen molar-refractivity contribution in [2.45, 2.75) is 32.3 Å². The first-order chi connectivity index (χ1) is 9.60. The van der Waals surface area contributed by atoms with E-state index < -0.39 is 0 Å². The molecule has 1 fully saturated rings. The molecule has 0 aromatic carbocycles. The van der Waals surface area contributed by atoms with Crippen LogP contribution in [0.25, 0.3) is 0 Å². The summed E-state index contributed by atoms with van der Waals surface area (Å²) >= 11 is 0. The van der Waals surface area contributed by atoms with Crippen LogP contribution in [0, 0.1) is 5.92 Å². The first-order valence-electron chi connectivity index (χ1n) is 7.04. The second kappa shape index (κ2) is 6.85. The maximum absolute atomic E-state index is 12.2. The fraction of sp³-hybridized carbons (Fsp3) is 0.714. The van der Waals surface area contributed by atoms with E-state index in [4.69, 9.17) is 9.47 Å². The third-order valence-electron chi connectivity index (χ3n) is 3.58. The molecule has 1 amide bonds. The van der Waals surface area contributed by atoms with Crippen molar-refractivity contribution in [1.82, 2.24) is 9.78 Å². The SMILES string of the molecule is COCCc1cc(NC(=O)[C@@H]2C[C@@H](C)CCO2)n(C)n1. The standard InChI is InChI=1S/C14H23N3O3/c1-10-4-7-20-12(8-10)14(18)15-13-9-11(5-6-19-3)16-17(13)2/h9-10,12H,4-8H2,1-3H3,(H,15,18)/t10-,12-/m0/s1. The Kier molecular flexibility index (Phi) is 5.14. The van der Waals surface area contributed by atoms with Crippen molar-refractivity contribution in [2.24, 2.45) is 13.0 Å². The summed E-state index contributed by atoms with van der Waals surface area (Å²) in [6.45, 7) is 3.42. The number of hydrogen-bond donors (Lipinski definition) is 1. The molecular formula is C14H23N3O3. The molecule has 2 heterocycles. The summed E-state index contributed by atoms with van der Waals surface area (Å²) in [6, 6.07) is 1.88. The topological polar surface area (TPSA) is 65.4 Å². The Morgan fingerprint density at radius 3 is 3.15 bits per heavy atom. The summed E-state index contributed by atoms with van der Waals surface area (Å²) in [4.78, 5) is 12.2. The number of carbonyl (C=O) groups is 1. The molecule has 0 aliphatic carbocycles. The monoisotopic (exact) mass is 281 g/mol. The number of anilines is 1. The van der Waals surface area contributed by atoms with Crippen molar-refractivity contribution < 1.29 is 14.3 Å². The molecule has 0 saturated carbocycles. The minimum absolute atomic E-state index is 0.0853. The molecule has 1 saturated heterocycles. The molecule has 0 radical (unpaired) electrons. The van der Waals surface area contributed by atoms with Crippen LogP contribution in [0.2, 0.25) is 0 Å². The summed E-state index contributed by atoms with van der Waals surface area (Å²) in [5.74, 6) is 1.14. The minimum Gasteiger partial charge on any atom is -0.384 e. The number of amides is 1. The van der Waals surface area contributed by atoms with Gasteiger partial charge in [0.05, 0.1) is 12.3 Å². The van der Waals surface area contributed by atoms with E-state index in [1.807, 2.05) is 13.1 Å². The lowest BCUT2D eigenvalue weighted by Crippen LogP contribution is -2.36. The molecule has 6 heteroatoms. The third-order valence-corrected chi connectivity index (χ3v) is 3.58. The van der Waals surface area contributed by atoms with Crippen LogP contribution in [0.5, 0.6) is 0 Å². The summed E-state index contributed by atoms with van der Waals surface area (Å²) in [5.41, 5.74) is 0.905. The molecule has 20 heavy (non-hydrogen) atoms. The lowest BCUT2D eigenvalue weighted by Gasteiger charge is -2.26. The number of aryl methyl sites for hydroxylation is 1. The zero-order valence-electron chi connectivity index (χ0n) is 12.4. The van der Waals surface area contributed by atoms with Gasteiger partial charge in [-0.25, -0.2) is 0 Å². The van der Waals surface area contributed by atoms with E-state index >= 15 is 0 Å². The highest BCUT2D eigenvalue weighted by Gasteiger charge is 2.26. The lowest BCUT2D eigenvalue weighted by atomic mass is 9.97. The van der Waals surface area contributed by atoms with Gasteiger partial charge in [-0.3, -0.25) is 9.48 Å². The smallest absolute Gasteiger partial charge is 0.254 e. The van der Waals surface area contributed by atoms with Gasteiger partial charge >= 0.3 is 0 Å². The number of rotatable bonds is 5. The third kappa shape index (κ3) is 3.80. The second-order valence-corrected chi connectivity index (χ2v) is 5.37. The van der Waals surface area contributed by atoms with Gasteiger partial charge in [-0.05, 0) is 18.8 Å². The fourth-order valence-electron chi connectivity index (χ4n) is 2.32. The Bertz CT molecular complexity index is 459.